The number of hydrogen-bond acceptors (Lipinski definition) is 2. The molecule has 1 fully saturated rings. The number of benzene rings is 2. The second kappa shape index (κ2) is 6.84. The molecule has 1 N–H and O–H groups in total. The van der Waals surface area contributed by atoms with Crippen LogP contribution in [0.25, 0.3) is 0 Å². The summed E-state index contributed by atoms with van der Waals surface area (Å²) in [5.74, 6) is -0.0958. The van der Waals surface area contributed by atoms with Gasteiger partial charge in [-0.25, -0.2) is 0 Å². The third-order valence-corrected chi connectivity index (χ3v) is 4.21. The number of rotatable bonds is 3. The summed E-state index contributed by atoms with van der Waals surface area (Å²) in [6, 6.07) is 14.2. The number of amides is 2. The van der Waals surface area contributed by atoms with E-state index < -0.39 is 0 Å². The molecule has 2 aromatic carbocycles. The van der Waals surface area contributed by atoms with Crippen molar-refractivity contribution in [2.24, 2.45) is 0 Å². The number of halogens is 1. The molecule has 0 bridgehead atoms. The Labute approximate surface area is 140 Å². The van der Waals surface area contributed by atoms with Gasteiger partial charge in [-0.05, 0) is 49.2 Å². The molecule has 118 valence electrons. The molecule has 4 nitrogen and oxygen atoms in total. The summed E-state index contributed by atoms with van der Waals surface area (Å²) < 4.78 is 0. The molecule has 5 heteroatoms. The monoisotopic (exact) mass is 328 g/mol. The molecule has 0 unspecified atom stereocenters. The molecule has 0 atom stereocenters. The van der Waals surface area contributed by atoms with E-state index in [1.807, 2.05) is 12.1 Å². The number of carbonyl (C=O) groups is 2. The smallest absolute Gasteiger partial charge is 0.257 e. The van der Waals surface area contributed by atoms with E-state index in [4.69, 9.17) is 11.6 Å². The number of piperidine rings is 1. The van der Waals surface area contributed by atoms with Gasteiger partial charge in [0, 0.05) is 24.3 Å². The lowest BCUT2D eigenvalue weighted by Crippen LogP contribution is -2.35. The van der Waals surface area contributed by atoms with E-state index in [-0.39, 0.29) is 11.8 Å². The second-order valence-corrected chi connectivity index (χ2v) is 5.89. The first kappa shape index (κ1) is 15.6. The van der Waals surface area contributed by atoms with Crippen molar-refractivity contribution in [1.82, 2.24) is 0 Å². The van der Waals surface area contributed by atoms with Crippen molar-refractivity contribution < 1.29 is 9.59 Å². The van der Waals surface area contributed by atoms with Gasteiger partial charge < -0.3 is 10.2 Å². The van der Waals surface area contributed by atoms with Crippen molar-refractivity contribution >= 4 is 34.8 Å². The number of anilines is 2. The summed E-state index contributed by atoms with van der Waals surface area (Å²) in [6.45, 7) is 0.754. The fraction of sp³-hybridized carbons (Fsp3) is 0.222. The summed E-state index contributed by atoms with van der Waals surface area (Å²) in [7, 11) is 0. The van der Waals surface area contributed by atoms with Gasteiger partial charge >= 0.3 is 0 Å². The number of nitrogens with one attached hydrogen (secondary N) is 1. The van der Waals surface area contributed by atoms with Crippen LogP contribution in [0.2, 0.25) is 5.02 Å². The van der Waals surface area contributed by atoms with Gasteiger partial charge in [0.15, 0.2) is 0 Å². The average molecular weight is 329 g/mol. The van der Waals surface area contributed by atoms with E-state index >= 15 is 0 Å². The van der Waals surface area contributed by atoms with Gasteiger partial charge in [-0.15, -0.1) is 0 Å². The first-order valence-corrected chi connectivity index (χ1v) is 7.99. The van der Waals surface area contributed by atoms with Gasteiger partial charge in [0.2, 0.25) is 5.91 Å². The third-order valence-electron chi connectivity index (χ3n) is 3.88. The van der Waals surface area contributed by atoms with Crippen LogP contribution in [-0.4, -0.2) is 18.4 Å². The highest BCUT2D eigenvalue weighted by molar-refractivity contribution is 6.34. The molecule has 1 saturated heterocycles. The van der Waals surface area contributed by atoms with Crippen LogP contribution in [0.4, 0.5) is 11.4 Å². The van der Waals surface area contributed by atoms with Crippen molar-refractivity contribution in [2.75, 3.05) is 16.8 Å². The molecular formula is C18H17ClN2O2. The van der Waals surface area contributed by atoms with Gasteiger partial charge in [-0.3, -0.25) is 9.59 Å². The van der Waals surface area contributed by atoms with E-state index in [2.05, 4.69) is 5.32 Å². The van der Waals surface area contributed by atoms with E-state index in [1.54, 1.807) is 41.3 Å². The minimum Gasteiger partial charge on any atom is -0.322 e. The van der Waals surface area contributed by atoms with Gasteiger partial charge in [0.1, 0.15) is 0 Å². The molecule has 0 aromatic heterocycles. The van der Waals surface area contributed by atoms with E-state index in [1.165, 1.54) is 0 Å². The van der Waals surface area contributed by atoms with E-state index in [0.29, 0.717) is 22.7 Å². The summed E-state index contributed by atoms with van der Waals surface area (Å²) in [4.78, 5) is 25.9. The van der Waals surface area contributed by atoms with Gasteiger partial charge in [0.25, 0.3) is 5.91 Å². The largest absolute Gasteiger partial charge is 0.322 e. The highest BCUT2D eigenvalue weighted by Crippen LogP contribution is 2.23. The van der Waals surface area contributed by atoms with Gasteiger partial charge in [0.05, 0.1) is 10.6 Å². The van der Waals surface area contributed by atoms with Crippen LogP contribution in [0, 0.1) is 0 Å². The molecule has 2 aromatic rings. The first-order chi connectivity index (χ1) is 11.1. The van der Waals surface area contributed by atoms with Crippen molar-refractivity contribution in [3.8, 4) is 0 Å². The minimum atomic E-state index is -0.252. The van der Waals surface area contributed by atoms with Crippen LogP contribution >= 0.6 is 11.6 Å². The van der Waals surface area contributed by atoms with E-state index in [9.17, 15) is 9.59 Å². The zero-order valence-corrected chi connectivity index (χ0v) is 13.3. The lowest BCUT2D eigenvalue weighted by molar-refractivity contribution is -0.119. The number of nitrogens with zero attached hydrogens (tertiary/aromatic N) is 1. The molecule has 2 amide bonds. The topological polar surface area (TPSA) is 49.4 Å². The van der Waals surface area contributed by atoms with Crippen LogP contribution in [0.15, 0.2) is 48.5 Å². The Hall–Kier alpha value is -2.33. The van der Waals surface area contributed by atoms with Crippen LogP contribution < -0.4 is 10.2 Å². The lowest BCUT2D eigenvalue weighted by Gasteiger charge is -2.26. The second-order valence-electron chi connectivity index (χ2n) is 5.48. The Kier molecular flexibility index (Phi) is 4.63. The van der Waals surface area contributed by atoms with Crippen molar-refractivity contribution in [2.45, 2.75) is 19.3 Å². The Morgan fingerprint density at radius 3 is 2.48 bits per heavy atom. The number of hydrogen-bond donors (Lipinski definition) is 1. The third kappa shape index (κ3) is 3.54. The number of carbonyl (C=O) groups excluding carboxylic acids is 2. The summed E-state index contributed by atoms with van der Waals surface area (Å²) >= 11 is 6.02. The molecule has 0 saturated carbocycles. The van der Waals surface area contributed by atoms with Crippen LogP contribution in [-0.2, 0) is 4.79 Å². The molecule has 0 spiro atoms. The summed E-state index contributed by atoms with van der Waals surface area (Å²) in [6.07, 6.45) is 2.59. The molecule has 0 radical (unpaired) electrons. The molecule has 1 heterocycles. The van der Waals surface area contributed by atoms with Crippen molar-refractivity contribution in [3.63, 3.8) is 0 Å². The van der Waals surface area contributed by atoms with Gasteiger partial charge in [-0.2, -0.15) is 0 Å². The fourth-order valence-corrected chi connectivity index (χ4v) is 2.87. The summed E-state index contributed by atoms with van der Waals surface area (Å²) in [5, 5.41) is 3.23. The normalized spacial score (nSPS) is 14.7. The van der Waals surface area contributed by atoms with Crippen molar-refractivity contribution in [3.05, 3.63) is 59.1 Å². The maximum atomic E-state index is 12.2. The molecular weight excluding hydrogens is 312 g/mol. The minimum absolute atomic E-state index is 0.157. The summed E-state index contributed by atoms with van der Waals surface area (Å²) in [5.41, 5.74) is 1.97. The van der Waals surface area contributed by atoms with Crippen LogP contribution in [0.5, 0.6) is 0 Å². The predicted octanol–water partition coefficient (Wildman–Crippen LogP) is 4.11. The standard InChI is InChI=1S/C18H17ClN2O2/c19-16-6-2-1-5-15(16)18(23)20-13-8-10-14(11-9-13)21-12-4-3-7-17(21)22/h1-2,5-6,8-11H,3-4,7,12H2,(H,20,23). The Bertz CT molecular complexity index is 728. The molecule has 0 aliphatic carbocycles. The Morgan fingerprint density at radius 1 is 1.04 bits per heavy atom. The average Bonchev–Trinajstić information content (AvgIpc) is 2.56. The molecule has 23 heavy (non-hydrogen) atoms. The van der Waals surface area contributed by atoms with Crippen LogP contribution in [0.3, 0.4) is 0 Å². The molecule has 3 rings (SSSR count). The maximum absolute atomic E-state index is 12.2. The zero-order valence-electron chi connectivity index (χ0n) is 12.6. The predicted molar refractivity (Wildman–Crippen MR) is 92.1 cm³/mol. The highest BCUT2D eigenvalue weighted by atomic mass is 35.5. The fourth-order valence-electron chi connectivity index (χ4n) is 2.65. The molecule has 1 aliphatic rings. The quantitative estimate of drug-likeness (QED) is 0.921. The molecule has 1 aliphatic heterocycles. The van der Waals surface area contributed by atoms with Crippen LogP contribution in [0.1, 0.15) is 29.6 Å². The van der Waals surface area contributed by atoms with Gasteiger partial charge in [-0.1, -0.05) is 23.7 Å². The maximum Gasteiger partial charge on any atom is 0.257 e. The highest BCUT2D eigenvalue weighted by Gasteiger charge is 2.19. The van der Waals surface area contributed by atoms with E-state index in [0.717, 1.165) is 25.1 Å². The zero-order chi connectivity index (χ0) is 16.2. The lowest BCUT2D eigenvalue weighted by atomic mass is 10.1. The first-order valence-electron chi connectivity index (χ1n) is 7.61. The Balaban J connectivity index is 1.71. The Morgan fingerprint density at radius 2 is 1.78 bits per heavy atom. The SMILES string of the molecule is O=C(Nc1ccc(N2CCCCC2=O)cc1)c1ccccc1Cl. The van der Waals surface area contributed by atoms with Crippen molar-refractivity contribution in [1.29, 1.82) is 0 Å².